The highest BCUT2D eigenvalue weighted by Crippen LogP contribution is 2.34. The van der Waals surface area contributed by atoms with Gasteiger partial charge in [-0.25, -0.2) is 13.2 Å². The number of thioether (sulfide) groups is 1. The van der Waals surface area contributed by atoms with Crippen molar-refractivity contribution in [1.29, 1.82) is 0 Å². The molecule has 0 aliphatic heterocycles. The lowest BCUT2D eigenvalue weighted by atomic mass is 9.92. The van der Waals surface area contributed by atoms with Crippen LogP contribution in [0.2, 0.25) is 0 Å². The molecule has 0 bridgehead atoms. The average Bonchev–Trinajstić information content (AvgIpc) is 3.04. The van der Waals surface area contributed by atoms with Gasteiger partial charge in [-0.15, -0.1) is 31.5 Å². The molecule has 0 spiro atoms. The normalized spacial score (nSPS) is 14.5. The largest absolute Gasteiger partial charge is 0.288 e. The maximum absolute atomic E-state index is 13.7. The molecule has 0 unspecified atom stereocenters. The van der Waals surface area contributed by atoms with Gasteiger partial charge >= 0.3 is 0 Å². The summed E-state index contributed by atoms with van der Waals surface area (Å²) in [6, 6.07) is 4.44. The molecule has 0 saturated carbocycles. The van der Waals surface area contributed by atoms with Crippen LogP contribution in [-0.4, -0.2) is 19.0 Å². The smallest absolute Gasteiger partial charge is 0.270 e. The molecule has 0 amide bonds. The van der Waals surface area contributed by atoms with Crippen LogP contribution < -0.4 is 0 Å². The van der Waals surface area contributed by atoms with E-state index in [2.05, 4.69) is 82.1 Å². The number of nitrogens with zero attached hydrogens (tertiary/aromatic N) is 1. The molecule has 0 atom stereocenters. The fourth-order valence-corrected chi connectivity index (χ4v) is 5.35. The number of allylic oxidation sites excluding steroid dienone is 9. The predicted octanol–water partition coefficient (Wildman–Crippen LogP) is 14.3. The third kappa shape index (κ3) is 19.9. The van der Waals surface area contributed by atoms with Crippen LogP contribution in [0.4, 0.5) is 13.2 Å². The molecule has 0 N–H and O–H groups in total. The summed E-state index contributed by atoms with van der Waals surface area (Å²) in [4.78, 5) is 5.82. The molecule has 262 valence electrons. The van der Waals surface area contributed by atoms with Crippen LogP contribution >= 0.6 is 11.8 Å². The Morgan fingerprint density at radius 3 is 1.89 bits per heavy atom. The number of hydrogen-bond donors (Lipinski definition) is 0. The molecular weight excluding hydrogens is 596 g/mol. The Morgan fingerprint density at radius 1 is 0.957 bits per heavy atom. The Balaban J connectivity index is -0.000000699. The molecule has 1 aliphatic carbocycles. The second-order valence-electron chi connectivity index (χ2n) is 11.1. The van der Waals surface area contributed by atoms with E-state index in [1.54, 1.807) is 18.2 Å². The van der Waals surface area contributed by atoms with Crippen LogP contribution in [0.15, 0.2) is 95.4 Å². The number of benzene rings is 1. The highest BCUT2D eigenvalue weighted by atomic mass is 32.2. The number of aryl methyl sites for hydroxylation is 1. The van der Waals surface area contributed by atoms with Crippen molar-refractivity contribution in [3.05, 3.63) is 107 Å². The summed E-state index contributed by atoms with van der Waals surface area (Å²) in [5.41, 5.74) is 2.78. The van der Waals surface area contributed by atoms with E-state index in [4.69, 9.17) is 0 Å². The zero-order chi connectivity index (χ0) is 36.3. The Bertz CT molecular complexity index is 1110. The van der Waals surface area contributed by atoms with Crippen molar-refractivity contribution >= 4 is 17.5 Å². The quantitative estimate of drug-likeness (QED) is 0.203. The highest BCUT2D eigenvalue weighted by molar-refractivity contribution is 8.02. The van der Waals surface area contributed by atoms with Crippen LogP contribution in [0.3, 0.4) is 0 Å². The number of hydrogen-bond acceptors (Lipinski definition) is 2. The lowest BCUT2D eigenvalue weighted by Gasteiger charge is -2.20. The fourth-order valence-electron chi connectivity index (χ4n) is 4.78. The first-order valence-corrected chi connectivity index (χ1v) is 18.0. The van der Waals surface area contributed by atoms with Crippen molar-refractivity contribution in [1.82, 2.24) is 0 Å². The fraction of sp³-hybridized carbons (Fsp3) is 0.537. The van der Waals surface area contributed by atoms with Gasteiger partial charge in [0, 0.05) is 19.5 Å². The summed E-state index contributed by atoms with van der Waals surface area (Å²) in [7, 11) is 1.85. The summed E-state index contributed by atoms with van der Waals surface area (Å²) in [6.45, 7) is 27.3. The lowest BCUT2D eigenvalue weighted by molar-refractivity contribution is 0.0163. The number of aliphatic imine (C=N–C) groups is 1. The first-order valence-electron chi connectivity index (χ1n) is 16.8. The Labute approximate surface area is 287 Å². The number of halogens is 3. The van der Waals surface area contributed by atoms with E-state index in [1.807, 2.05) is 46.5 Å². The molecule has 2 rings (SSSR count). The maximum atomic E-state index is 13.7. The molecule has 0 saturated heterocycles. The van der Waals surface area contributed by atoms with Crippen LogP contribution in [0.1, 0.15) is 124 Å². The zero-order valence-electron chi connectivity index (χ0n) is 31.3. The second-order valence-corrected chi connectivity index (χ2v) is 12.1. The van der Waals surface area contributed by atoms with E-state index in [-0.39, 0.29) is 5.56 Å². The lowest BCUT2D eigenvalue weighted by Crippen LogP contribution is -2.15. The molecule has 0 fully saturated rings. The van der Waals surface area contributed by atoms with E-state index in [0.29, 0.717) is 17.5 Å². The molecule has 0 radical (unpaired) electrons. The van der Waals surface area contributed by atoms with Crippen molar-refractivity contribution in [2.45, 2.75) is 126 Å². The minimum Gasteiger partial charge on any atom is -0.288 e. The molecule has 5 heteroatoms. The van der Waals surface area contributed by atoms with E-state index in [0.717, 1.165) is 18.6 Å². The minimum absolute atomic E-state index is 0.0711. The third-order valence-electron chi connectivity index (χ3n) is 7.04. The molecule has 0 heterocycles. The maximum Gasteiger partial charge on any atom is 0.270 e. The van der Waals surface area contributed by atoms with Gasteiger partial charge in [-0.2, -0.15) is 0 Å². The van der Waals surface area contributed by atoms with Crippen molar-refractivity contribution in [3.8, 4) is 0 Å². The van der Waals surface area contributed by atoms with Gasteiger partial charge in [0.25, 0.3) is 5.92 Å². The number of rotatable bonds is 12. The van der Waals surface area contributed by atoms with Gasteiger partial charge < -0.3 is 0 Å². The summed E-state index contributed by atoms with van der Waals surface area (Å²) >= 11 is 1.89. The van der Waals surface area contributed by atoms with Gasteiger partial charge in [0.1, 0.15) is 5.67 Å². The summed E-state index contributed by atoms with van der Waals surface area (Å²) in [5, 5.41) is 0. The summed E-state index contributed by atoms with van der Waals surface area (Å²) in [5.74, 6) is -2.03. The van der Waals surface area contributed by atoms with E-state index in [9.17, 15) is 13.2 Å². The van der Waals surface area contributed by atoms with Gasteiger partial charge in [0.15, 0.2) is 0 Å². The van der Waals surface area contributed by atoms with Gasteiger partial charge in [0.05, 0.1) is 5.71 Å². The Kier molecular flexibility index (Phi) is 28.7. The van der Waals surface area contributed by atoms with Crippen LogP contribution in [0.5, 0.6) is 0 Å². The molecule has 1 nitrogen and oxygen atoms in total. The van der Waals surface area contributed by atoms with Crippen LogP contribution in [0.25, 0.3) is 0 Å². The minimum atomic E-state index is -2.92. The molecule has 46 heavy (non-hydrogen) atoms. The first kappa shape index (κ1) is 47.9. The van der Waals surface area contributed by atoms with Crippen molar-refractivity contribution in [3.63, 3.8) is 0 Å². The second kappa shape index (κ2) is 27.6. The molecule has 1 aromatic carbocycles. The molecular formula is C41H66F3NS. The number of alkyl halides is 3. The first-order chi connectivity index (χ1) is 21.7. The molecule has 1 aromatic rings. The standard InChI is InChI=1S/C21H33NS.C13H17F3.C3H6.C2H6.C2H4/c1-6-9-17(10-7-2)11-13-20(23-5)16-18-12-14-21(22-4)19(8-3)15-18;1-5-9-6-7-10(12(2,3)14)8-11(9)13(4,15)16;1-3-2;2*1-2/h8,12,14-17H,6-7,9-11,13H2,1-5H3;6-8H,5H2,1-4H3;3H,1H2,2H3;1-2H3;1-2H2/b19-8-,20-16-,22-21?;;;;. The summed E-state index contributed by atoms with van der Waals surface area (Å²) in [6.07, 6.45) is 23.4. The van der Waals surface area contributed by atoms with Gasteiger partial charge in [-0.3, -0.25) is 4.99 Å². The highest BCUT2D eigenvalue weighted by Gasteiger charge is 2.29. The average molecular weight is 662 g/mol. The Morgan fingerprint density at radius 2 is 1.50 bits per heavy atom. The Hall–Kier alpha value is -2.53. The zero-order valence-corrected chi connectivity index (χ0v) is 32.2. The van der Waals surface area contributed by atoms with Crippen molar-refractivity contribution in [2.75, 3.05) is 13.3 Å². The van der Waals surface area contributed by atoms with Crippen molar-refractivity contribution < 1.29 is 13.2 Å². The predicted molar refractivity (Wildman–Crippen MR) is 206 cm³/mol. The summed E-state index contributed by atoms with van der Waals surface area (Å²) < 4.78 is 40.4. The SMILES string of the molecule is C/C=C1C=C(/C=C(/CCC(CCC)CCC)SC)C=CC/1=NC.C=C.C=CC.CC.CCc1ccc(C(C)(C)F)cc1C(C)(F)F. The van der Waals surface area contributed by atoms with Gasteiger partial charge in [0.2, 0.25) is 0 Å². The topological polar surface area (TPSA) is 12.4 Å². The monoisotopic (exact) mass is 661 g/mol. The molecule has 1 aliphatic rings. The van der Waals surface area contributed by atoms with Gasteiger partial charge in [-0.1, -0.05) is 90.7 Å². The van der Waals surface area contributed by atoms with E-state index >= 15 is 0 Å². The third-order valence-corrected chi connectivity index (χ3v) is 7.88. The van der Waals surface area contributed by atoms with Gasteiger partial charge in [-0.05, 0) is 111 Å². The van der Waals surface area contributed by atoms with Crippen LogP contribution in [-0.2, 0) is 18.0 Å². The van der Waals surface area contributed by atoms with Crippen LogP contribution in [0, 0.1) is 5.92 Å². The molecule has 0 aromatic heterocycles. The van der Waals surface area contributed by atoms with E-state index < -0.39 is 11.6 Å². The van der Waals surface area contributed by atoms with Crippen molar-refractivity contribution in [2.24, 2.45) is 10.9 Å². The van der Waals surface area contributed by atoms with E-state index in [1.165, 1.54) is 74.5 Å².